The molecule has 0 saturated heterocycles. The van der Waals surface area contributed by atoms with Crippen molar-refractivity contribution >= 4 is 5.91 Å². The van der Waals surface area contributed by atoms with Crippen molar-refractivity contribution in [1.29, 1.82) is 0 Å². The van der Waals surface area contributed by atoms with Crippen molar-refractivity contribution in [3.63, 3.8) is 0 Å². The third kappa shape index (κ3) is 2.94. The predicted octanol–water partition coefficient (Wildman–Crippen LogP) is 0.306. The van der Waals surface area contributed by atoms with Gasteiger partial charge < -0.3 is 14.4 Å². The molecule has 0 radical (unpaired) electrons. The highest BCUT2D eigenvalue weighted by Gasteiger charge is 2.28. The van der Waals surface area contributed by atoms with Crippen LogP contribution in [0.25, 0.3) is 11.6 Å². The lowest BCUT2D eigenvalue weighted by atomic mass is 9.91. The fourth-order valence-corrected chi connectivity index (χ4v) is 2.34. The summed E-state index contributed by atoms with van der Waals surface area (Å²) in [6.45, 7) is 0.331. The summed E-state index contributed by atoms with van der Waals surface area (Å²) in [6.07, 6.45) is 4.65. The van der Waals surface area contributed by atoms with E-state index < -0.39 is 0 Å². The second-order valence-electron chi connectivity index (χ2n) is 5.02. The fraction of sp³-hybridized carbons (Fsp3) is 0.538. The molecule has 0 spiro atoms. The summed E-state index contributed by atoms with van der Waals surface area (Å²) in [5.41, 5.74) is 0. The molecule has 8 nitrogen and oxygen atoms in total. The number of amides is 1. The van der Waals surface area contributed by atoms with Crippen molar-refractivity contribution in [3.05, 3.63) is 18.4 Å². The van der Waals surface area contributed by atoms with Gasteiger partial charge in [0.25, 0.3) is 0 Å². The van der Waals surface area contributed by atoms with Gasteiger partial charge in [-0.3, -0.25) is 4.79 Å². The molecule has 1 saturated carbocycles. The highest BCUT2D eigenvalue weighted by molar-refractivity contribution is 5.76. The Hall–Kier alpha value is -2.22. The lowest BCUT2D eigenvalue weighted by Gasteiger charge is -2.37. The van der Waals surface area contributed by atoms with Crippen LogP contribution in [0, 0.1) is 0 Å². The van der Waals surface area contributed by atoms with Crippen LogP contribution in [0.2, 0.25) is 0 Å². The third-order valence-corrected chi connectivity index (χ3v) is 3.65. The summed E-state index contributed by atoms with van der Waals surface area (Å²) in [4.78, 5) is 15.3. The molecule has 112 valence electrons. The van der Waals surface area contributed by atoms with E-state index in [1.807, 2.05) is 0 Å². The predicted molar refractivity (Wildman–Crippen MR) is 72.0 cm³/mol. The molecule has 0 unspecified atom stereocenters. The van der Waals surface area contributed by atoms with Gasteiger partial charge in [0, 0.05) is 12.6 Å². The molecule has 1 amide bonds. The monoisotopic (exact) mass is 291 g/mol. The molecule has 1 fully saturated rings. The SMILES string of the molecule is O=C(Cn1nnc(-c2ccco2)n1)N(CCO)C1CCC1. The van der Waals surface area contributed by atoms with Crippen LogP contribution in [-0.2, 0) is 11.3 Å². The number of nitrogens with zero attached hydrogens (tertiary/aromatic N) is 5. The first kappa shape index (κ1) is 13.7. The smallest absolute Gasteiger partial charge is 0.246 e. The Morgan fingerprint density at radius 2 is 2.38 bits per heavy atom. The minimum atomic E-state index is -0.0999. The van der Waals surface area contributed by atoms with Gasteiger partial charge in [-0.05, 0) is 36.6 Å². The Balaban J connectivity index is 1.66. The molecule has 0 aromatic carbocycles. The zero-order valence-electron chi connectivity index (χ0n) is 11.6. The topological polar surface area (TPSA) is 97.3 Å². The summed E-state index contributed by atoms with van der Waals surface area (Å²) in [5, 5.41) is 20.9. The van der Waals surface area contributed by atoms with E-state index in [4.69, 9.17) is 9.52 Å². The molecule has 2 aromatic heterocycles. The first-order valence-electron chi connectivity index (χ1n) is 7.00. The molecule has 2 heterocycles. The number of rotatable bonds is 6. The van der Waals surface area contributed by atoms with Crippen molar-refractivity contribution in [2.75, 3.05) is 13.2 Å². The molecule has 0 atom stereocenters. The molecular weight excluding hydrogens is 274 g/mol. The molecule has 1 aliphatic rings. The molecule has 2 aromatic rings. The van der Waals surface area contributed by atoms with Crippen LogP contribution in [0.1, 0.15) is 19.3 Å². The van der Waals surface area contributed by atoms with Crippen molar-refractivity contribution in [2.45, 2.75) is 31.8 Å². The van der Waals surface area contributed by atoms with Crippen LogP contribution in [0.15, 0.2) is 22.8 Å². The second kappa shape index (κ2) is 6.04. The zero-order chi connectivity index (χ0) is 14.7. The number of aliphatic hydroxyl groups is 1. The highest BCUT2D eigenvalue weighted by Crippen LogP contribution is 2.24. The second-order valence-corrected chi connectivity index (χ2v) is 5.02. The molecular formula is C13H17N5O3. The van der Waals surface area contributed by atoms with Crippen LogP contribution in [0.4, 0.5) is 0 Å². The summed E-state index contributed by atoms with van der Waals surface area (Å²) < 4.78 is 5.18. The van der Waals surface area contributed by atoms with E-state index in [-0.39, 0.29) is 25.1 Å². The maximum atomic E-state index is 12.3. The van der Waals surface area contributed by atoms with Crippen molar-refractivity contribution in [1.82, 2.24) is 25.1 Å². The number of furan rings is 1. The zero-order valence-corrected chi connectivity index (χ0v) is 11.6. The first-order valence-corrected chi connectivity index (χ1v) is 7.00. The van der Waals surface area contributed by atoms with Gasteiger partial charge in [-0.15, -0.1) is 10.2 Å². The molecule has 1 N–H and O–H groups in total. The van der Waals surface area contributed by atoms with Gasteiger partial charge in [0.15, 0.2) is 5.76 Å². The van der Waals surface area contributed by atoms with Crippen molar-refractivity contribution < 1.29 is 14.3 Å². The van der Waals surface area contributed by atoms with Crippen LogP contribution < -0.4 is 0 Å². The Kier molecular flexibility index (Phi) is 3.96. The number of carbonyl (C=O) groups excluding carboxylic acids is 1. The van der Waals surface area contributed by atoms with Gasteiger partial charge in [-0.1, -0.05) is 0 Å². The average Bonchev–Trinajstić information content (AvgIpc) is 3.06. The van der Waals surface area contributed by atoms with Gasteiger partial charge >= 0.3 is 0 Å². The van der Waals surface area contributed by atoms with Crippen molar-refractivity contribution in [2.24, 2.45) is 0 Å². The first-order chi connectivity index (χ1) is 10.3. The van der Waals surface area contributed by atoms with E-state index in [2.05, 4.69) is 15.4 Å². The number of hydrogen-bond donors (Lipinski definition) is 1. The van der Waals surface area contributed by atoms with E-state index in [0.29, 0.717) is 18.1 Å². The van der Waals surface area contributed by atoms with E-state index >= 15 is 0 Å². The van der Waals surface area contributed by atoms with Crippen molar-refractivity contribution in [3.8, 4) is 11.6 Å². The highest BCUT2D eigenvalue weighted by atomic mass is 16.3. The van der Waals surface area contributed by atoms with Gasteiger partial charge in [0.05, 0.1) is 12.9 Å². The molecule has 21 heavy (non-hydrogen) atoms. The quantitative estimate of drug-likeness (QED) is 0.822. The standard InChI is InChI=1S/C13H17N5O3/c19-7-6-17(10-3-1-4-10)12(20)9-18-15-13(14-16-18)11-5-2-8-21-11/h2,5,8,10,19H,1,3-4,6-7,9H2. The molecule has 8 heteroatoms. The van der Waals surface area contributed by atoms with E-state index in [9.17, 15) is 4.79 Å². The summed E-state index contributed by atoms with van der Waals surface area (Å²) >= 11 is 0. The van der Waals surface area contributed by atoms with E-state index in [1.54, 1.807) is 17.0 Å². The van der Waals surface area contributed by atoms with Gasteiger partial charge in [-0.2, -0.15) is 4.80 Å². The number of tetrazole rings is 1. The Morgan fingerprint density at radius 1 is 1.52 bits per heavy atom. The third-order valence-electron chi connectivity index (χ3n) is 3.65. The lowest BCUT2D eigenvalue weighted by Crippen LogP contribution is -2.47. The molecule has 3 rings (SSSR count). The lowest BCUT2D eigenvalue weighted by molar-refractivity contribution is -0.137. The number of carbonyl (C=O) groups is 1. The molecule has 0 bridgehead atoms. The number of aliphatic hydroxyl groups excluding tert-OH is 1. The number of aromatic nitrogens is 4. The minimum Gasteiger partial charge on any atom is -0.461 e. The fourth-order valence-electron chi connectivity index (χ4n) is 2.34. The van der Waals surface area contributed by atoms with Gasteiger partial charge in [0.2, 0.25) is 11.7 Å². The summed E-state index contributed by atoms with van der Waals surface area (Å²) in [5.74, 6) is 0.766. The molecule has 1 aliphatic carbocycles. The minimum absolute atomic E-state index is 0.0181. The number of hydrogen-bond acceptors (Lipinski definition) is 6. The maximum Gasteiger partial charge on any atom is 0.246 e. The largest absolute Gasteiger partial charge is 0.461 e. The van der Waals surface area contributed by atoms with E-state index in [0.717, 1.165) is 19.3 Å². The normalized spacial score (nSPS) is 14.9. The summed E-state index contributed by atoms with van der Waals surface area (Å²) in [7, 11) is 0. The van der Waals surface area contributed by atoms with Crippen LogP contribution >= 0.6 is 0 Å². The van der Waals surface area contributed by atoms with Crippen LogP contribution in [0.3, 0.4) is 0 Å². The Bertz CT molecular complexity index is 591. The van der Waals surface area contributed by atoms with Gasteiger partial charge in [-0.25, -0.2) is 0 Å². The Labute approximate surface area is 121 Å². The van der Waals surface area contributed by atoms with E-state index in [1.165, 1.54) is 11.1 Å². The Morgan fingerprint density at radius 3 is 3.00 bits per heavy atom. The average molecular weight is 291 g/mol. The summed E-state index contributed by atoms with van der Waals surface area (Å²) in [6, 6.07) is 3.70. The molecule has 0 aliphatic heterocycles. The van der Waals surface area contributed by atoms with Gasteiger partial charge in [0.1, 0.15) is 6.54 Å². The van der Waals surface area contributed by atoms with Crippen LogP contribution in [0.5, 0.6) is 0 Å². The van der Waals surface area contributed by atoms with Crippen LogP contribution in [-0.4, -0.2) is 55.3 Å². The maximum absolute atomic E-state index is 12.3.